The minimum atomic E-state index is -0.100. The third kappa shape index (κ3) is 4.03. The van der Waals surface area contributed by atoms with Crippen LogP contribution >= 0.6 is 38.5 Å². The van der Waals surface area contributed by atoms with Gasteiger partial charge in [-0.15, -0.1) is 0 Å². The molecule has 0 bridgehead atoms. The van der Waals surface area contributed by atoms with Gasteiger partial charge < -0.3 is 9.73 Å². The van der Waals surface area contributed by atoms with Crippen LogP contribution in [0.15, 0.2) is 69.6 Å². The van der Waals surface area contributed by atoms with E-state index in [9.17, 15) is 4.79 Å². The van der Waals surface area contributed by atoms with E-state index in [1.165, 1.54) is 0 Å². The lowest BCUT2D eigenvalue weighted by atomic mass is 10.2. The lowest BCUT2D eigenvalue weighted by Crippen LogP contribution is -2.23. The number of hydrogen-bond acceptors (Lipinski definition) is 2. The van der Waals surface area contributed by atoms with Gasteiger partial charge in [-0.2, -0.15) is 0 Å². The standard InChI is InChI=1S/C18H13BrINO2/c19-13-7-5-12(6-8-13)17-10-9-14(23-17)11-21-18(22)15-3-1-2-4-16(15)20/h1-10H,11H2,(H,21,22). The number of amides is 1. The van der Waals surface area contributed by atoms with E-state index in [4.69, 9.17) is 4.42 Å². The molecule has 23 heavy (non-hydrogen) atoms. The van der Waals surface area contributed by atoms with E-state index < -0.39 is 0 Å². The highest BCUT2D eigenvalue weighted by atomic mass is 127. The summed E-state index contributed by atoms with van der Waals surface area (Å²) in [6.45, 7) is 0.361. The van der Waals surface area contributed by atoms with Crippen LogP contribution in [0.2, 0.25) is 0 Å². The van der Waals surface area contributed by atoms with Crippen molar-refractivity contribution in [3.05, 3.63) is 80.0 Å². The van der Waals surface area contributed by atoms with Gasteiger partial charge >= 0.3 is 0 Å². The molecule has 1 heterocycles. The summed E-state index contributed by atoms with van der Waals surface area (Å²) in [6, 6.07) is 19.2. The Balaban J connectivity index is 1.67. The molecule has 3 rings (SSSR count). The summed E-state index contributed by atoms with van der Waals surface area (Å²) in [6.07, 6.45) is 0. The normalized spacial score (nSPS) is 10.5. The molecule has 0 radical (unpaired) electrons. The fourth-order valence-electron chi connectivity index (χ4n) is 2.15. The average Bonchev–Trinajstić information content (AvgIpc) is 3.03. The summed E-state index contributed by atoms with van der Waals surface area (Å²) in [4.78, 5) is 12.2. The molecule has 0 aliphatic carbocycles. The van der Waals surface area contributed by atoms with Crippen molar-refractivity contribution in [1.82, 2.24) is 5.32 Å². The van der Waals surface area contributed by atoms with Gasteiger partial charge in [-0.25, -0.2) is 0 Å². The number of benzene rings is 2. The number of furan rings is 1. The Morgan fingerprint density at radius 1 is 1.04 bits per heavy atom. The third-order valence-electron chi connectivity index (χ3n) is 3.33. The highest BCUT2D eigenvalue weighted by Gasteiger charge is 2.10. The van der Waals surface area contributed by atoms with Crippen LogP contribution in [0.5, 0.6) is 0 Å². The van der Waals surface area contributed by atoms with Crippen molar-refractivity contribution in [2.45, 2.75) is 6.54 Å². The van der Waals surface area contributed by atoms with Crippen molar-refractivity contribution in [3.8, 4) is 11.3 Å². The zero-order valence-electron chi connectivity index (χ0n) is 12.1. The molecule has 0 atom stereocenters. The van der Waals surface area contributed by atoms with Gasteiger partial charge in [0.25, 0.3) is 5.91 Å². The van der Waals surface area contributed by atoms with Crippen LogP contribution in [0.3, 0.4) is 0 Å². The summed E-state index contributed by atoms with van der Waals surface area (Å²) in [5, 5.41) is 2.88. The second-order valence-electron chi connectivity index (χ2n) is 4.94. The van der Waals surface area contributed by atoms with Gasteiger partial charge in [0, 0.05) is 13.6 Å². The molecule has 0 saturated heterocycles. The topological polar surface area (TPSA) is 42.2 Å². The van der Waals surface area contributed by atoms with E-state index in [1.807, 2.05) is 60.7 Å². The molecule has 0 spiro atoms. The molecule has 0 unspecified atom stereocenters. The molecule has 0 aliphatic heterocycles. The first kappa shape index (κ1) is 16.3. The van der Waals surface area contributed by atoms with Crippen LogP contribution in [0.4, 0.5) is 0 Å². The number of hydrogen-bond donors (Lipinski definition) is 1. The van der Waals surface area contributed by atoms with Crippen molar-refractivity contribution in [2.75, 3.05) is 0 Å². The van der Waals surface area contributed by atoms with Crippen LogP contribution < -0.4 is 5.32 Å². The molecule has 3 aromatic rings. The van der Waals surface area contributed by atoms with Crippen LogP contribution in [0, 0.1) is 3.57 Å². The smallest absolute Gasteiger partial charge is 0.252 e. The molecule has 1 N–H and O–H groups in total. The Hall–Kier alpha value is -1.60. The van der Waals surface area contributed by atoms with Gasteiger partial charge in [0.15, 0.2) is 0 Å². The summed E-state index contributed by atoms with van der Waals surface area (Å²) in [7, 11) is 0. The molecule has 3 nitrogen and oxygen atoms in total. The van der Waals surface area contributed by atoms with Gasteiger partial charge in [-0.1, -0.05) is 40.2 Å². The number of carbonyl (C=O) groups is 1. The van der Waals surface area contributed by atoms with Crippen LogP contribution in [-0.2, 0) is 6.54 Å². The lowest BCUT2D eigenvalue weighted by Gasteiger charge is -2.05. The summed E-state index contributed by atoms with van der Waals surface area (Å²) in [5.74, 6) is 1.41. The lowest BCUT2D eigenvalue weighted by molar-refractivity contribution is 0.0947. The van der Waals surface area contributed by atoms with Crippen molar-refractivity contribution < 1.29 is 9.21 Å². The fourth-order valence-corrected chi connectivity index (χ4v) is 3.05. The SMILES string of the molecule is O=C(NCc1ccc(-c2ccc(Br)cc2)o1)c1ccccc1I. The molecule has 1 amide bonds. The second-order valence-corrected chi connectivity index (χ2v) is 7.01. The Bertz CT molecular complexity index is 827. The van der Waals surface area contributed by atoms with Gasteiger partial charge in [-0.05, 0) is 59.0 Å². The Morgan fingerprint density at radius 2 is 1.78 bits per heavy atom. The zero-order valence-corrected chi connectivity index (χ0v) is 15.8. The Morgan fingerprint density at radius 3 is 2.52 bits per heavy atom. The van der Waals surface area contributed by atoms with Gasteiger partial charge in [0.05, 0.1) is 12.1 Å². The number of nitrogens with one attached hydrogen (secondary N) is 1. The Kier molecular flexibility index (Phi) is 5.17. The number of carbonyl (C=O) groups excluding carboxylic acids is 1. The minimum Gasteiger partial charge on any atom is -0.459 e. The van der Waals surface area contributed by atoms with E-state index in [0.717, 1.165) is 25.1 Å². The fraction of sp³-hybridized carbons (Fsp3) is 0.0556. The summed E-state index contributed by atoms with van der Waals surface area (Å²) < 4.78 is 7.75. The number of halogens is 2. The highest BCUT2D eigenvalue weighted by molar-refractivity contribution is 14.1. The number of rotatable bonds is 4. The molecular formula is C18H13BrINO2. The quantitative estimate of drug-likeness (QED) is 0.517. The van der Waals surface area contributed by atoms with Gasteiger partial charge in [-0.3, -0.25) is 4.79 Å². The minimum absolute atomic E-state index is 0.100. The first-order chi connectivity index (χ1) is 11.1. The molecular weight excluding hydrogens is 469 g/mol. The predicted octanol–water partition coefficient (Wildman–Crippen LogP) is 5.24. The predicted molar refractivity (Wildman–Crippen MR) is 102 cm³/mol. The maximum absolute atomic E-state index is 12.2. The van der Waals surface area contributed by atoms with E-state index in [-0.39, 0.29) is 5.91 Å². The van der Waals surface area contributed by atoms with Gasteiger partial charge in [0.1, 0.15) is 11.5 Å². The van der Waals surface area contributed by atoms with Crippen LogP contribution in [0.1, 0.15) is 16.1 Å². The summed E-state index contributed by atoms with van der Waals surface area (Å²) in [5.41, 5.74) is 1.68. The Labute approximate surface area is 156 Å². The largest absolute Gasteiger partial charge is 0.459 e. The molecule has 2 aromatic carbocycles. The molecule has 0 aliphatic rings. The first-order valence-electron chi connectivity index (χ1n) is 7.01. The van der Waals surface area contributed by atoms with Crippen molar-refractivity contribution in [1.29, 1.82) is 0 Å². The van der Waals surface area contributed by atoms with Crippen LogP contribution in [-0.4, -0.2) is 5.91 Å². The molecule has 1 aromatic heterocycles. The molecule has 116 valence electrons. The molecule has 0 fully saturated rings. The van der Waals surface area contributed by atoms with Gasteiger partial charge in [0.2, 0.25) is 0 Å². The maximum Gasteiger partial charge on any atom is 0.252 e. The van der Waals surface area contributed by atoms with Crippen molar-refractivity contribution >= 4 is 44.4 Å². The molecule has 5 heteroatoms. The average molecular weight is 482 g/mol. The third-order valence-corrected chi connectivity index (χ3v) is 4.80. The monoisotopic (exact) mass is 481 g/mol. The zero-order chi connectivity index (χ0) is 16.2. The van der Waals surface area contributed by atoms with Crippen LogP contribution in [0.25, 0.3) is 11.3 Å². The van der Waals surface area contributed by atoms with E-state index >= 15 is 0 Å². The molecule has 0 saturated carbocycles. The van der Waals surface area contributed by atoms with Crippen molar-refractivity contribution in [3.63, 3.8) is 0 Å². The van der Waals surface area contributed by atoms with E-state index in [1.54, 1.807) is 0 Å². The maximum atomic E-state index is 12.2. The highest BCUT2D eigenvalue weighted by Crippen LogP contribution is 2.24. The van der Waals surface area contributed by atoms with Crippen molar-refractivity contribution in [2.24, 2.45) is 0 Å². The van der Waals surface area contributed by atoms with E-state index in [0.29, 0.717) is 12.1 Å². The first-order valence-corrected chi connectivity index (χ1v) is 8.88. The summed E-state index contributed by atoms with van der Waals surface area (Å²) >= 11 is 5.57. The second kappa shape index (κ2) is 7.31. The van der Waals surface area contributed by atoms with E-state index in [2.05, 4.69) is 43.8 Å².